The summed E-state index contributed by atoms with van der Waals surface area (Å²) in [6.07, 6.45) is 3.00. The van der Waals surface area contributed by atoms with Gasteiger partial charge in [0.25, 0.3) is 5.69 Å². The highest BCUT2D eigenvalue weighted by Gasteiger charge is 2.45. The van der Waals surface area contributed by atoms with Gasteiger partial charge in [0.15, 0.2) is 0 Å². The molecule has 2 unspecified atom stereocenters. The number of benzene rings is 2. The molecule has 3 heterocycles. The van der Waals surface area contributed by atoms with Crippen molar-refractivity contribution in [3.05, 3.63) is 98.8 Å². The molecule has 1 aromatic heterocycles. The maximum atomic E-state index is 14.3. The Morgan fingerprint density at radius 3 is 2.50 bits per heavy atom. The van der Waals surface area contributed by atoms with E-state index in [9.17, 15) is 19.7 Å². The molecule has 206 valence electrons. The Hall–Kier alpha value is -4.51. The number of pyridine rings is 1. The minimum atomic E-state index is -0.616. The monoisotopic (exact) mass is 562 g/mol. The Balaban J connectivity index is 1.71. The summed E-state index contributed by atoms with van der Waals surface area (Å²) >= 11 is 6.20. The van der Waals surface area contributed by atoms with Gasteiger partial charge in [-0.25, -0.2) is 4.79 Å². The molecular formula is C28H27ClN6O5. The summed E-state index contributed by atoms with van der Waals surface area (Å²) in [5, 5.41) is 14.9. The van der Waals surface area contributed by atoms with Gasteiger partial charge in [0.05, 0.1) is 28.7 Å². The lowest BCUT2D eigenvalue weighted by Crippen LogP contribution is -2.55. The molecule has 2 aliphatic heterocycles. The third-order valence-corrected chi connectivity index (χ3v) is 6.87. The minimum Gasteiger partial charge on any atom is -0.490 e. The van der Waals surface area contributed by atoms with E-state index in [0.717, 1.165) is 11.1 Å². The van der Waals surface area contributed by atoms with E-state index >= 15 is 0 Å². The van der Waals surface area contributed by atoms with Crippen LogP contribution >= 0.6 is 11.6 Å². The quantitative estimate of drug-likeness (QED) is 0.347. The Kier molecular flexibility index (Phi) is 7.65. The zero-order valence-corrected chi connectivity index (χ0v) is 22.6. The second-order valence-electron chi connectivity index (χ2n) is 9.70. The van der Waals surface area contributed by atoms with E-state index in [1.165, 1.54) is 17.0 Å². The maximum absolute atomic E-state index is 14.3. The summed E-state index contributed by atoms with van der Waals surface area (Å²) in [7, 11) is 0. The number of rotatable bonds is 6. The Bertz CT molecular complexity index is 1460. The zero-order chi connectivity index (χ0) is 28.4. The van der Waals surface area contributed by atoms with Gasteiger partial charge < -0.3 is 15.0 Å². The minimum absolute atomic E-state index is 0.106. The van der Waals surface area contributed by atoms with Crippen LogP contribution in [0.15, 0.2) is 72.0 Å². The molecule has 40 heavy (non-hydrogen) atoms. The van der Waals surface area contributed by atoms with Gasteiger partial charge in [-0.1, -0.05) is 23.7 Å². The number of nitrogens with zero attached hydrogens (tertiary/aromatic N) is 5. The highest BCUT2D eigenvalue weighted by Crippen LogP contribution is 2.45. The average Bonchev–Trinajstić information content (AvgIpc) is 3.33. The number of nitro benzene ring substituents is 1. The highest BCUT2D eigenvalue weighted by atomic mass is 35.5. The standard InChI is InChI=1S/C28H27ClN6O5/c1-17(2)40-23-15-21(35(38)39)7-8-22(23)27-32-25(18-9-11-30-12-10-18)26(19-3-5-20(29)6-4-19)34(27)28(37)33-14-13-31-24(36)16-33/h3-12,15,17,25-26H,13-14,16H2,1-2H3,(H,31,36). The molecule has 0 bridgehead atoms. The number of halogens is 1. The van der Waals surface area contributed by atoms with Crippen molar-refractivity contribution in [2.75, 3.05) is 19.6 Å². The number of aliphatic imine (C=N–C) groups is 1. The van der Waals surface area contributed by atoms with Crippen LogP contribution in [0, 0.1) is 10.1 Å². The molecule has 1 N–H and O–H groups in total. The van der Waals surface area contributed by atoms with Gasteiger partial charge in [-0.3, -0.25) is 29.8 Å². The van der Waals surface area contributed by atoms with Crippen LogP contribution in [0.4, 0.5) is 10.5 Å². The number of non-ortho nitro benzene ring substituents is 1. The number of urea groups is 1. The van der Waals surface area contributed by atoms with E-state index < -0.39 is 23.0 Å². The van der Waals surface area contributed by atoms with Crippen molar-refractivity contribution in [2.45, 2.75) is 32.0 Å². The number of ether oxygens (including phenoxy) is 1. The molecule has 0 spiro atoms. The van der Waals surface area contributed by atoms with Crippen LogP contribution in [0.3, 0.4) is 0 Å². The highest BCUT2D eigenvalue weighted by molar-refractivity contribution is 6.30. The summed E-state index contributed by atoms with van der Waals surface area (Å²) in [5.41, 5.74) is 1.86. The molecule has 0 saturated carbocycles. The number of amidine groups is 1. The number of carbonyl (C=O) groups excluding carboxylic acids is 2. The number of nitrogens with one attached hydrogen (secondary N) is 1. The van der Waals surface area contributed by atoms with E-state index in [-0.39, 0.29) is 35.8 Å². The lowest BCUT2D eigenvalue weighted by Gasteiger charge is -2.35. The number of hydrogen-bond donors (Lipinski definition) is 1. The predicted molar refractivity (Wildman–Crippen MR) is 148 cm³/mol. The first-order valence-corrected chi connectivity index (χ1v) is 13.1. The van der Waals surface area contributed by atoms with Crippen molar-refractivity contribution in [2.24, 2.45) is 4.99 Å². The van der Waals surface area contributed by atoms with Crippen molar-refractivity contribution in [3.63, 3.8) is 0 Å². The molecule has 2 aliphatic rings. The Morgan fingerprint density at radius 1 is 1.12 bits per heavy atom. The second kappa shape index (κ2) is 11.3. The molecule has 5 rings (SSSR count). The first kappa shape index (κ1) is 27.1. The van der Waals surface area contributed by atoms with E-state index in [0.29, 0.717) is 23.7 Å². The normalized spacial score (nSPS) is 18.9. The van der Waals surface area contributed by atoms with Crippen molar-refractivity contribution in [1.82, 2.24) is 20.1 Å². The molecule has 1 saturated heterocycles. The van der Waals surface area contributed by atoms with E-state index in [2.05, 4.69) is 10.3 Å². The lowest BCUT2D eigenvalue weighted by molar-refractivity contribution is -0.384. The van der Waals surface area contributed by atoms with Gasteiger partial charge in [0, 0.05) is 36.6 Å². The zero-order valence-electron chi connectivity index (χ0n) is 21.9. The molecular weight excluding hydrogens is 536 g/mol. The first-order valence-electron chi connectivity index (χ1n) is 12.8. The molecule has 12 heteroatoms. The largest absolute Gasteiger partial charge is 0.490 e. The average molecular weight is 563 g/mol. The van der Waals surface area contributed by atoms with Crippen LogP contribution in [0.2, 0.25) is 5.02 Å². The molecule has 3 amide bonds. The van der Waals surface area contributed by atoms with Crippen LogP contribution < -0.4 is 10.1 Å². The number of piperazine rings is 1. The smallest absolute Gasteiger partial charge is 0.326 e. The third-order valence-electron chi connectivity index (χ3n) is 6.62. The van der Waals surface area contributed by atoms with Gasteiger partial charge in [-0.15, -0.1) is 0 Å². The fourth-order valence-corrected chi connectivity index (χ4v) is 5.00. The van der Waals surface area contributed by atoms with Crippen LogP contribution in [0.5, 0.6) is 5.75 Å². The van der Waals surface area contributed by atoms with Crippen LogP contribution in [-0.2, 0) is 4.79 Å². The first-order chi connectivity index (χ1) is 19.2. The number of amides is 3. The van der Waals surface area contributed by atoms with Crippen LogP contribution in [0.1, 0.15) is 42.6 Å². The van der Waals surface area contributed by atoms with Gasteiger partial charge in [-0.05, 0) is 55.3 Å². The van der Waals surface area contributed by atoms with E-state index in [4.69, 9.17) is 21.3 Å². The summed E-state index contributed by atoms with van der Waals surface area (Å²) in [6.45, 7) is 4.15. The summed E-state index contributed by atoms with van der Waals surface area (Å²) in [6, 6.07) is 13.5. The van der Waals surface area contributed by atoms with Crippen molar-refractivity contribution in [1.29, 1.82) is 0 Å². The molecule has 3 aromatic rings. The van der Waals surface area contributed by atoms with Gasteiger partial charge in [0.1, 0.15) is 24.2 Å². The lowest BCUT2D eigenvalue weighted by atomic mass is 9.94. The maximum Gasteiger partial charge on any atom is 0.326 e. The van der Waals surface area contributed by atoms with Crippen molar-refractivity contribution >= 4 is 35.1 Å². The van der Waals surface area contributed by atoms with Gasteiger partial charge >= 0.3 is 6.03 Å². The fraction of sp³-hybridized carbons (Fsp3) is 0.286. The van der Waals surface area contributed by atoms with Gasteiger partial charge in [-0.2, -0.15) is 0 Å². The van der Waals surface area contributed by atoms with Gasteiger partial charge in [0.2, 0.25) is 5.91 Å². The fourth-order valence-electron chi connectivity index (χ4n) is 4.87. The number of hydrogen-bond acceptors (Lipinski definition) is 7. The van der Waals surface area contributed by atoms with E-state index in [1.807, 2.05) is 38.1 Å². The second-order valence-corrected chi connectivity index (χ2v) is 10.1. The van der Waals surface area contributed by atoms with Crippen LogP contribution in [0.25, 0.3) is 0 Å². The van der Waals surface area contributed by atoms with Crippen LogP contribution in [-0.4, -0.2) is 63.2 Å². The molecule has 0 aliphatic carbocycles. The molecule has 11 nitrogen and oxygen atoms in total. The molecule has 1 fully saturated rings. The number of aromatic nitrogens is 1. The summed E-state index contributed by atoms with van der Waals surface area (Å²) < 4.78 is 6.01. The molecule has 0 radical (unpaired) electrons. The van der Waals surface area contributed by atoms with Crippen molar-refractivity contribution in [3.8, 4) is 5.75 Å². The van der Waals surface area contributed by atoms with E-state index in [1.54, 1.807) is 35.5 Å². The summed E-state index contributed by atoms with van der Waals surface area (Å²) in [4.78, 5) is 49.8. The molecule has 2 atom stereocenters. The third kappa shape index (κ3) is 5.46. The topological polar surface area (TPSA) is 130 Å². The number of nitro groups is 1. The molecule has 2 aromatic carbocycles. The SMILES string of the molecule is CC(C)Oc1cc([N+](=O)[O-])ccc1C1=NC(c2ccncc2)C(c2ccc(Cl)cc2)N1C(=O)N1CCNC(=O)C1. The summed E-state index contributed by atoms with van der Waals surface area (Å²) in [5.74, 6) is 0.246. The Morgan fingerprint density at radius 2 is 1.85 bits per heavy atom. The Labute approximate surface area is 235 Å². The predicted octanol–water partition coefficient (Wildman–Crippen LogP) is 4.53. The number of carbonyl (C=O) groups is 2. The van der Waals surface area contributed by atoms with Crippen molar-refractivity contribution < 1.29 is 19.2 Å².